The van der Waals surface area contributed by atoms with Gasteiger partial charge in [0.15, 0.2) is 0 Å². The van der Waals surface area contributed by atoms with Crippen LogP contribution in [0.4, 0.5) is 4.39 Å². The number of hydrogen-bond donors (Lipinski definition) is 0. The fourth-order valence-corrected chi connectivity index (χ4v) is 3.85. The Hall–Kier alpha value is -3.28. The molecular formula is C21H15FN2O3. The van der Waals surface area contributed by atoms with E-state index >= 15 is 0 Å². The fourth-order valence-electron chi connectivity index (χ4n) is 3.85. The number of aryl methyl sites for hydroxylation is 2. The van der Waals surface area contributed by atoms with Crippen molar-refractivity contribution in [2.75, 3.05) is 0 Å². The Morgan fingerprint density at radius 2 is 1.85 bits per heavy atom. The van der Waals surface area contributed by atoms with Gasteiger partial charge in [-0.25, -0.2) is 14.2 Å². The fraction of sp³-hybridized carbons (Fsp3) is 0.190. The number of nitrogens with zero attached hydrogens (tertiary/aromatic N) is 2. The molecule has 5 rings (SSSR count). The van der Waals surface area contributed by atoms with E-state index in [1.54, 1.807) is 0 Å². The van der Waals surface area contributed by atoms with Gasteiger partial charge in [-0.05, 0) is 60.2 Å². The molecule has 0 spiro atoms. The second-order valence-corrected chi connectivity index (χ2v) is 6.90. The van der Waals surface area contributed by atoms with E-state index in [4.69, 9.17) is 4.42 Å². The lowest BCUT2D eigenvalue weighted by atomic mass is 10.0. The normalized spacial score (nSPS) is 13.4. The van der Waals surface area contributed by atoms with Crippen LogP contribution >= 0.6 is 0 Å². The Bertz CT molecular complexity index is 1340. The minimum absolute atomic E-state index is 0.194. The van der Waals surface area contributed by atoms with E-state index in [1.807, 2.05) is 6.07 Å². The van der Waals surface area contributed by atoms with Crippen LogP contribution in [0.5, 0.6) is 0 Å². The molecule has 0 atom stereocenters. The molecule has 0 amide bonds. The molecule has 27 heavy (non-hydrogen) atoms. The minimum Gasteiger partial charge on any atom is -0.423 e. The van der Waals surface area contributed by atoms with Gasteiger partial charge in [0.05, 0.1) is 23.8 Å². The third kappa shape index (κ3) is 2.65. The summed E-state index contributed by atoms with van der Waals surface area (Å²) in [7, 11) is 0. The van der Waals surface area contributed by atoms with E-state index in [2.05, 4.69) is 11.1 Å². The molecule has 2 heterocycles. The summed E-state index contributed by atoms with van der Waals surface area (Å²) in [6, 6.07) is 9.33. The predicted molar refractivity (Wildman–Crippen MR) is 99.6 cm³/mol. The zero-order chi connectivity index (χ0) is 18.5. The van der Waals surface area contributed by atoms with Crippen molar-refractivity contribution in [2.24, 2.45) is 0 Å². The summed E-state index contributed by atoms with van der Waals surface area (Å²) < 4.78 is 20.2. The van der Waals surface area contributed by atoms with Crippen molar-refractivity contribution >= 4 is 21.9 Å². The van der Waals surface area contributed by atoms with Crippen LogP contribution in [0.15, 0.2) is 56.7 Å². The molecule has 0 radical (unpaired) electrons. The van der Waals surface area contributed by atoms with Gasteiger partial charge in [0.25, 0.3) is 5.56 Å². The molecule has 6 heteroatoms. The highest BCUT2D eigenvalue weighted by Gasteiger charge is 2.16. The second kappa shape index (κ2) is 5.87. The van der Waals surface area contributed by atoms with Crippen LogP contribution in [0.1, 0.15) is 23.1 Å². The van der Waals surface area contributed by atoms with Crippen molar-refractivity contribution in [2.45, 2.75) is 25.8 Å². The number of halogens is 1. The van der Waals surface area contributed by atoms with Crippen molar-refractivity contribution in [3.05, 3.63) is 86.0 Å². The van der Waals surface area contributed by atoms with E-state index in [0.717, 1.165) is 24.6 Å². The molecule has 0 fully saturated rings. The molecule has 134 valence electrons. The number of rotatable bonds is 2. The summed E-state index contributed by atoms with van der Waals surface area (Å²) in [6.45, 7) is 0.194. The molecule has 0 unspecified atom stereocenters. The Morgan fingerprint density at radius 3 is 2.70 bits per heavy atom. The number of fused-ring (bicyclic) bond motifs is 3. The van der Waals surface area contributed by atoms with Crippen LogP contribution in [0.2, 0.25) is 0 Å². The topological polar surface area (TPSA) is 65.1 Å². The van der Waals surface area contributed by atoms with Crippen LogP contribution in [-0.2, 0) is 19.4 Å². The van der Waals surface area contributed by atoms with E-state index in [-0.39, 0.29) is 12.1 Å². The van der Waals surface area contributed by atoms with Crippen LogP contribution in [-0.4, -0.2) is 9.55 Å². The lowest BCUT2D eigenvalue weighted by molar-refractivity contribution is 0.557. The molecule has 2 aromatic carbocycles. The van der Waals surface area contributed by atoms with E-state index < -0.39 is 11.4 Å². The summed E-state index contributed by atoms with van der Waals surface area (Å²) in [4.78, 5) is 29.0. The second-order valence-electron chi connectivity index (χ2n) is 6.90. The number of benzene rings is 2. The SMILES string of the molecule is O=c1cc(Cn2cnc3cc(F)ccc3c2=O)c2cc3c(cc2o1)CCC3. The first-order valence-corrected chi connectivity index (χ1v) is 8.82. The lowest BCUT2D eigenvalue weighted by Gasteiger charge is -2.10. The van der Waals surface area contributed by atoms with Gasteiger partial charge in [-0.2, -0.15) is 0 Å². The molecule has 0 saturated carbocycles. The molecule has 0 N–H and O–H groups in total. The monoisotopic (exact) mass is 362 g/mol. The molecule has 0 bridgehead atoms. The number of hydrogen-bond acceptors (Lipinski definition) is 4. The van der Waals surface area contributed by atoms with Gasteiger partial charge in [0, 0.05) is 17.5 Å². The molecule has 0 saturated heterocycles. The van der Waals surface area contributed by atoms with Crippen LogP contribution in [0.3, 0.4) is 0 Å². The van der Waals surface area contributed by atoms with Gasteiger partial charge in [-0.3, -0.25) is 9.36 Å². The lowest BCUT2D eigenvalue weighted by Crippen LogP contribution is -2.22. The van der Waals surface area contributed by atoms with E-state index in [9.17, 15) is 14.0 Å². The molecule has 2 aromatic heterocycles. The van der Waals surface area contributed by atoms with Crippen molar-refractivity contribution < 1.29 is 8.81 Å². The molecule has 4 aromatic rings. The Kier molecular flexibility index (Phi) is 3.47. The summed E-state index contributed by atoms with van der Waals surface area (Å²) >= 11 is 0. The largest absolute Gasteiger partial charge is 0.423 e. The summed E-state index contributed by atoms with van der Waals surface area (Å²) in [5, 5.41) is 1.17. The molecule has 1 aliphatic rings. The van der Waals surface area contributed by atoms with Crippen LogP contribution in [0, 0.1) is 5.82 Å². The van der Waals surface area contributed by atoms with Gasteiger partial charge in [-0.15, -0.1) is 0 Å². The zero-order valence-electron chi connectivity index (χ0n) is 14.4. The maximum Gasteiger partial charge on any atom is 0.336 e. The summed E-state index contributed by atoms with van der Waals surface area (Å²) in [6.07, 6.45) is 4.48. The average molecular weight is 362 g/mol. The van der Waals surface area contributed by atoms with Gasteiger partial charge < -0.3 is 4.42 Å². The highest BCUT2D eigenvalue weighted by molar-refractivity contribution is 5.82. The zero-order valence-corrected chi connectivity index (χ0v) is 14.4. The third-order valence-electron chi connectivity index (χ3n) is 5.17. The molecule has 5 nitrogen and oxygen atoms in total. The average Bonchev–Trinajstić information content (AvgIpc) is 3.09. The van der Waals surface area contributed by atoms with Crippen molar-refractivity contribution in [3.8, 4) is 0 Å². The molecule has 1 aliphatic carbocycles. The first-order chi connectivity index (χ1) is 13.1. The van der Waals surface area contributed by atoms with Crippen molar-refractivity contribution in [3.63, 3.8) is 0 Å². The third-order valence-corrected chi connectivity index (χ3v) is 5.17. The van der Waals surface area contributed by atoms with Gasteiger partial charge in [-0.1, -0.05) is 0 Å². The maximum absolute atomic E-state index is 13.3. The van der Waals surface area contributed by atoms with Gasteiger partial charge in [0.2, 0.25) is 0 Å². The predicted octanol–water partition coefficient (Wildman–Crippen LogP) is 3.18. The Labute approximate surface area is 152 Å². The summed E-state index contributed by atoms with van der Waals surface area (Å²) in [5.74, 6) is -0.437. The smallest absolute Gasteiger partial charge is 0.336 e. The minimum atomic E-state index is -0.445. The Morgan fingerprint density at radius 1 is 1.04 bits per heavy atom. The van der Waals surface area contributed by atoms with Gasteiger partial charge in [0.1, 0.15) is 11.4 Å². The van der Waals surface area contributed by atoms with E-state index in [0.29, 0.717) is 22.0 Å². The van der Waals surface area contributed by atoms with E-state index in [1.165, 1.54) is 46.3 Å². The number of aromatic nitrogens is 2. The highest BCUT2D eigenvalue weighted by Crippen LogP contribution is 2.28. The van der Waals surface area contributed by atoms with Gasteiger partial charge >= 0.3 is 5.63 Å². The van der Waals surface area contributed by atoms with Crippen molar-refractivity contribution in [1.29, 1.82) is 0 Å². The summed E-state index contributed by atoms with van der Waals surface area (Å²) in [5.41, 5.74) is 3.32. The standard InChI is InChI=1S/C21H15FN2O3/c22-15-4-5-16-18(9-15)23-11-24(21(16)26)10-14-8-20(25)27-19-7-13-3-1-2-12(13)6-17(14)19/h4-9,11H,1-3,10H2. The van der Waals surface area contributed by atoms with Crippen LogP contribution in [0.25, 0.3) is 21.9 Å². The molecule has 0 aliphatic heterocycles. The first-order valence-electron chi connectivity index (χ1n) is 8.82. The highest BCUT2D eigenvalue weighted by atomic mass is 19.1. The quantitative estimate of drug-likeness (QED) is 0.514. The molecular weight excluding hydrogens is 347 g/mol. The van der Waals surface area contributed by atoms with Crippen LogP contribution < -0.4 is 11.2 Å². The first kappa shape index (κ1) is 15.9. The van der Waals surface area contributed by atoms with Crippen molar-refractivity contribution in [1.82, 2.24) is 9.55 Å². The Balaban J connectivity index is 1.68. The maximum atomic E-state index is 13.3.